The summed E-state index contributed by atoms with van der Waals surface area (Å²) in [4.78, 5) is 35.7. The van der Waals surface area contributed by atoms with Crippen LogP contribution < -0.4 is 11.2 Å². The van der Waals surface area contributed by atoms with Gasteiger partial charge in [0.05, 0.1) is 19.2 Å². The lowest BCUT2D eigenvalue weighted by molar-refractivity contribution is -0.148. The van der Waals surface area contributed by atoms with Gasteiger partial charge in [0.2, 0.25) is 5.82 Å². The fraction of sp³-hybridized carbons (Fsp3) is 0.545. The quantitative estimate of drug-likeness (QED) is 0.746. The SMILES string of the molecule is CCOC(=O)CC(OCC)n1cc(F)c(=O)[nH]c1=O. The minimum absolute atomic E-state index is 0.187. The first-order valence-electron chi connectivity index (χ1n) is 5.77. The molecule has 0 spiro atoms. The normalized spacial score (nSPS) is 12.2. The molecule has 0 fully saturated rings. The number of esters is 1. The Kier molecular flexibility index (Phi) is 5.43. The highest BCUT2D eigenvalue weighted by molar-refractivity contribution is 5.69. The first kappa shape index (κ1) is 15.1. The molecule has 0 amide bonds. The van der Waals surface area contributed by atoms with Crippen LogP contribution in [-0.4, -0.2) is 28.7 Å². The second-order valence-electron chi connectivity index (χ2n) is 3.56. The van der Waals surface area contributed by atoms with Crippen molar-refractivity contribution in [2.24, 2.45) is 0 Å². The zero-order chi connectivity index (χ0) is 14.4. The second-order valence-corrected chi connectivity index (χ2v) is 3.56. The average molecular weight is 274 g/mol. The van der Waals surface area contributed by atoms with E-state index < -0.39 is 29.3 Å². The summed E-state index contributed by atoms with van der Waals surface area (Å²) >= 11 is 0. The van der Waals surface area contributed by atoms with Gasteiger partial charge in [-0.2, -0.15) is 4.39 Å². The van der Waals surface area contributed by atoms with Crippen LogP contribution in [0.3, 0.4) is 0 Å². The molecule has 19 heavy (non-hydrogen) atoms. The van der Waals surface area contributed by atoms with Gasteiger partial charge in [0.1, 0.15) is 6.23 Å². The average Bonchev–Trinajstić information content (AvgIpc) is 2.33. The maximum atomic E-state index is 13.2. The number of halogens is 1. The minimum atomic E-state index is -1.13. The van der Waals surface area contributed by atoms with E-state index in [2.05, 4.69) is 0 Å². The zero-order valence-electron chi connectivity index (χ0n) is 10.6. The molecule has 1 atom stereocenters. The minimum Gasteiger partial charge on any atom is -0.466 e. The number of H-pyrrole nitrogens is 1. The maximum Gasteiger partial charge on any atom is 0.330 e. The topological polar surface area (TPSA) is 90.4 Å². The number of carbonyl (C=O) groups is 1. The van der Waals surface area contributed by atoms with Crippen molar-refractivity contribution in [2.45, 2.75) is 26.5 Å². The fourth-order valence-corrected chi connectivity index (χ4v) is 1.47. The third-order valence-corrected chi connectivity index (χ3v) is 2.24. The fourth-order valence-electron chi connectivity index (χ4n) is 1.47. The van der Waals surface area contributed by atoms with Crippen LogP contribution in [0.5, 0.6) is 0 Å². The lowest BCUT2D eigenvalue weighted by Crippen LogP contribution is -2.35. The van der Waals surface area contributed by atoms with Gasteiger partial charge in [0.15, 0.2) is 0 Å². The van der Waals surface area contributed by atoms with E-state index in [0.29, 0.717) is 6.20 Å². The van der Waals surface area contributed by atoms with Gasteiger partial charge in [-0.25, -0.2) is 4.79 Å². The van der Waals surface area contributed by atoms with Gasteiger partial charge in [0.25, 0.3) is 5.56 Å². The maximum absolute atomic E-state index is 13.2. The first-order valence-corrected chi connectivity index (χ1v) is 5.77. The highest BCUT2D eigenvalue weighted by Crippen LogP contribution is 2.11. The number of hydrogen-bond donors (Lipinski definition) is 1. The largest absolute Gasteiger partial charge is 0.466 e. The van der Waals surface area contributed by atoms with Crippen LogP contribution in [0.15, 0.2) is 15.8 Å². The second kappa shape index (κ2) is 6.83. The van der Waals surface area contributed by atoms with E-state index in [-0.39, 0.29) is 19.6 Å². The highest BCUT2D eigenvalue weighted by Gasteiger charge is 2.19. The van der Waals surface area contributed by atoms with Crippen LogP contribution in [0.1, 0.15) is 26.5 Å². The van der Waals surface area contributed by atoms with Crippen LogP contribution >= 0.6 is 0 Å². The van der Waals surface area contributed by atoms with Crippen molar-refractivity contribution >= 4 is 5.97 Å². The number of nitrogens with zero attached hydrogens (tertiary/aromatic N) is 1. The molecule has 0 aliphatic carbocycles. The summed E-state index contributed by atoms with van der Waals surface area (Å²) in [5, 5.41) is 0. The Labute approximate surface area is 108 Å². The van der Waals surface area contributed by atoms with Crippen molar-refractivity contribution in [3.63, 3.8) is 0 Å². The lowest BCUT2D eigenvalue weighted by atomic mass is 10.3. The van der Waals surface area contributed by atoms with E-state index in [4.69, 9.17) is 9.47 Å². The molecule has 0 radical (unpaired) electrons. The van der Waals surface area contributed by atoms with Crippen LogP contribution in [0.4, 0.5) is 4.39 Å². The molecule has 0 saturated heterocycles. The molecule has 0 bridgehead atoms. The molecule has 1 unspecified atom stereocenters. The molecule has 1 N–H and O–H groups in total. The Morgan fingerprint density at radius 3 is 2.68 bits per heavy atom. The third kappa shape index (κ3) is 4.02. The standard InChI is InChI=1S/C11H15FN2O5/c1-3-18-8(5-9(15)19-4-2)14-6-7(12)10(16)13-11(14)17/h6,8H,3-5H2,1-2H3,(H,13,16,17). The molecule has 0 aliphatic heterocycles. The number of nitrogens with one attached hydrogen (secondary N) is 1. The molecule has 8 heteroatoms. The van der Waals surface area contributed by atoms with E-state index in [0.717, 1.165) is 4.57 Å². The first-order chi connectivity index (χ1) is 8.99. The van der Waals surface area contributed by atoms with E-state index in [1.807, 2.05) is 0 Å². The predicted octanol–water partition coefficient (Wildman–Crippen LogP) is 0.164. The number of rotatable bonds is 6. The number of carbonyl (C=O) groups excluding carboxylic acids is 1. The predicted molar refractivity (Wildman–Crippen MR) is 63.2 cm³/mol. The zero-order valence-corrected chi connectivity index (χ0v) is 10.6. The number of hydrogen-bond acceptors (Lipinski definition) is 5. The molecule has 7 nitrogen and oxygen atoms in total. The molecule has 106 valence electrons. The Morgan fingerprint density at radius 1 is 1.42 bits per heavy atom. The van der Waals surface area contributed by atoms with Crippen LogP contribution in [0, 0.1) is 5.82 Å². The molecule has 0 aliphatic rings. The van der Waals surface area contributed by atoms with E-state index in [1.165, 1.54) is 0 Å². The van der Waals surface area contributed by atoms with Gasteiger partial charge in [-0.1, -0.05) is 0 Å². The van der Waals surface area contributed by atoms with E-state index >= 15 is 0 Å². The number of aromatic nitrogens is 2. The van der Waals surface area contributed by atoms with Gasteiger partial charge >= 0.3 is 11.7 Å². The Hall–Kier alpha value is -1.96. The van der Waals surface area contributed by atoms with E-state index in [1.54, 1.807) is 18.8 Å². The van der Waals surface area contributed by atoms with Crippen molar-refractivity contribution in [1.29, 1.82) is 0 Å². The van der Waals surface area contributed by atoms with Crippen molar-refractivity contribution < 1.29 is 18.7 Å². The summed E-state index contributed by atoms with van der Waals surface area (Å²) in [6.07, 6.45) is -0.573. The van der Waals surface area contributed by atoms with Crippen molar-refractivity contribution in [2.75, 3.05) is 13.2 Å². The Balaban J connectivity index is 3.05. The third-order valence-electron chi connectivity index (χ3n) is 2.24. The van der Waals surface area contributed by atoms with Gasteiger partial charge in [-0.3, -0.25) is 19.1 Å². The van der Waals surface area contributed by atoms with Crippen molar-refractivity contribution in [3.05, 3.63) is 32.9 Å². The van der Waals surface area contributed by atoms with Gasteiger partial charge in [-0.05, 0) is 13.8 Å². The van der Waals surface area contributed by atoms with Crippen LogP contribution in [0.25, 0.3) is 0 Å². The molecule has 0 aromatic carbocycles. The molecular weight excluding hydrogens is 259 g/mol. The summed E-state index contributed by atoms with van der Waals surface area (Å²) in [5.41, 5.74) is -1.97. The summed E-state index contributed by atoms with van der Waals surface area (Å²) in [7, 11) is 0. The van der Waals surface area contributed by atoms with E-state index in [9.17, 15) is 18.8 Å². The smallest absolute Gasteiger partial charge is 0.330 e. The number of aromatic amines is 1. The van der Waals surface area contributed by atoms with Crippen molar-refractivity contribution in [1.82, 2.24) is 9.55 Å². The highest BCUT2D eigenvalue weighted by atomic mass is 19.1. The summed E-state index contributed by atoms with van der Waals surface area (Å²) in [5.74, 6) is -1.72. The van der Waals surface area contributed by atoms with Crippen LogP contribution in [-0.2, 0) is 14.3 Å². The molecule has 1 heterocycles. The molecule has 1 aromatic heterocycles. The lowest BCUT2D eigenvalue weighted by Gasteiger charge is -2.18. The summed E-state index contributed by atoms with van der Waals surface area (Å²) in [6.45, 7) is 3.69. The summed E-state index contributed by atoms with van der Waals surface area (Å²) < 4.78 is 23.9. The monoisotopic (exact) mass is 274 g/mol. The number of ether oxygens (including phenoxy) is 2. The Bertz CT molecular complexity index is 551. The van der Waals surface area contributed by atoms with Gasteiger partial charge in [0, 0.05) is 6.61 Å². The molecular formula is C11H15FN2O5. The van der Waals surface area contributed by atoms with Gasteiger partial charge in [-0.15, -0.1) is 0 Å². The Morgan fingerprint density at radius 2 is 2.11 bits per heavy atom. The molecule has 1 rings (SSSR count). The van der Waals surface area contributed by atoms with Crippen molar-refractivity contribution in [3.8, 4) is 0 Å². The summed E-state index contributed by atoms with van der Waals surface area (Å²) in [6, 6.07) is 0. The molecule has 0 saturated carbocycles. The van der Waals surface area contributed by atoms with Gasteiger partial charge < -0.3 is 9.47 Å². The van der Waals surface area contributed by atoms with Crippen LogP contribution in [0.2, 0.25) is 0 Å². The molecule has 1 aromatic rings.